The maximum absolute atomic E-state index is 12.0. The lowest BCUT2D eigenvalue weighted by atomic mass is 10.0. The molecule has 0 radical (unpaired) electrons. The Balaban J connectivity index is 2.00. The Hall–Kier alpha value is -1.00. The number of furan rings is 1. The van der Waals surface area contributed by atoms with Crippen LogP contribution in [0.1, 0.15) is 36.2 Å². The Morgan fingerprint density at radius 2 is 2.18 bits per heavy atom. The van der Waals surface area contributed by atoms with Crippen LogP contribution in [0.2, 0.25) is 5.22 Å². The van der Waals surface area contributed by atoms with E-state index < -0.39 is 5.60 Å². The van der Waals surface area contributed by atoms with Gasteiger partial charge in [-0.25, -0.2) is 0 Å². The molecule has 0 aromatic carbocycles. The van der Waals surface area contributed by atoms with Gasteiger partial charge in [0.15, 0.2) is 11.0 Å². The van der Waals surface area contributed by atoms with Crippen LogP contribution in [0.5, 0.6) is 0 Å². The third-order valence-corrected chi connectivity index (χ3v) is 3.40. The summed E-state index contributed by atoms with van der Waals surface area (Å²) in [6.45, 7) is 0.337. The molecule has 94 valence electrons. The molecule has 1 heterocycles. The lowest BCUT2D eigenvalue weighted by Crippen LogP contribution is -2.41. The fraction of sp³-hybridized carbons (Fsp3) is 0.583. The highest BCUT2D eigenvalue weighted by Gasteiger charge is 2.34. The van der Waals surface area contributed by atoms with Gasteiger partial charge >= 0.3 is 0 Å². The Morgan fingerprint density at radius 3 is 2.71 bits per heavy atom. The molecule has 1 aliphatic rings. The number of carbonyl (C=O) groups is 1. The third-order valence-electron chi connectivity index (χ3n) is 3.20. The normalized spacial score (nSPS) is 18.3. The summed E-state index contributed by atoms with van der Waals surface area (Å²) in [6.07, 6.45) is 3.54. The van der Waals surface area contributed by atoms with Gasteiger partial charge in [-0.2, -0.15) is 0 Å². The van der Waals surface area contributed by atoms with Crippen molar-refractivity contribution in [2.75, 3.05) is 13.6 Å². The standard InChI is InChI=1S/C12H16ClNO3/c1-14(8-12(16)6-2-3-7-12)11(15)9-4-5-10(13)17-9/h4-5,16H,2-3,6-8H2,1H3. The number of aliphatic hydroxyl groups is 1. The summed E-state index contributed by atoms with van der Waals surface area (Å²) >= 11 is 5.62. The molecule has 0 unspecified atom stereocenters. The fourth-order valence-corrected chi connectivity index (χ4v) is 2.47. The van der Waals surface area contributed by atoms with Crippen molar-refractivity contribution in [2.24, 2.45) is 0 Å². The molecule has 1 saturated carbocycles. The van der Waals surface area contributed by atoms with Crippen LogP contribution >= 0.6 is 11.6 Å². The van der Waals surface area contributed by atoms with Crippen molar-refractivity contribution in [3.63, 3.8) is 0 Å². The highest BCUT2D eigenvalue weighted by Crippen LogP contribution is 2.30. The molecule has 0 bridgehead atoms. The summed E-state index contributed by atoms with van der Waals surface area (Å²) in [6, 6.07) is 3.08. The second kappa shape index (κ2) is 4.70. The van der Waals surface area contributed by atoms with Gasteiger partial charge in [0.1, 0.15) is 0 Å². The van der Waals surface area contributed by atoms with Gasteiger partial charge in [-0.15, -0.1) is 0 Å². The van der Waals surface area contributed by atoms with Crippen molar-refractivity contribution in [1.29, 1.82) is 0 Å². The number of amides is 1. The first-order valence-electron chi connectivity index (χ1n) is 5.73. The van der Waals surface area contributed by atoms with E-state index in [2.05, 4.69) is 0 Å². The average Bonchev–Trinajstić information content (AvgIpc) is 2.86. The summed E-state index contributed by atoms with van der Waals surface area (Å²) in [5.41, 5.74) is -0.735. The molecule has 0 saturated heterocycles. The summed E-state index contributed by atoms with van der Waals surface area (Å²) < 4.78 is 5.06. The molecule has 1 aliphatic carbocycles. The number of halogens is 1. The van der Waals surface area contributed by atoms with E-state index in [9.17, 15) is 9.90 Å². The van der Waals surface area contributed by atoms with E-state index in [1.54, 1.807) is 13.1 Å². The van der Waals surface area contributed by atoms with E-state index in [0.29, 0.717) is 6.54 Å². The highest BCUT2D eigenvalue weighted by atomic mass is 35.5. The van der Waals surface area contributed by atoms with E-state index in [4.69, 9.17) is 16.0 Å². The van der Waals surface area contributed by atoms with Crippen LogP contribution in [0.15, 0.2) is 16.5 Å². The SMILES string of the molecule is CN(CC1(O)CCCC1)C(=O)c1ccc(Cl)o1. The smallest absolute Gasteiger partial charge is 0.289 e. The van der Waals surface area contributed by atoms with Gasteiger partial charge in [0.05, 0.1) is 5.60 Å². The minimum atomic E-state index is -0.735. The topological polar surface area (TPSA) is 53.7 Å². The number of likely N-dealkylation sites (N-methyl/N-ethyl adjacent to an activating group) is 1. The molecule has 0 aliphatic heterocycles. The largest absolute Gasteiger partial charge is 0.440 e. The minimum Gasteiger partial charge on any atom is -0.440 e. The van der Waals surface area contributed by atoms with Gasteiger partial charge in [0.2, 0.25) is 0 Å². The van der Waals surface area contributed by atoms with Crippen LogP contribution < -0.4 is 0 Å². The number of carbonyl (C=O) groups excluding carboxylic acids is 1. The Kier molecular flexibility index (Phi) is 3.45. The molecule has 1 aromatic rings. The van der Waals surface area contributed by atoms with Crippen LogP contribution in [0, 0.1) is 0 Å². The van der Waals surface area contributed by atoms with Crippen LogP contribution in [0.25, 0.3) is 0 Å². The van der Waals surface area contributed by atoms with Crippen molar-refractivity contribution in [3.8, 4) is 0 Å². The van der Waals surface area contributed by atoms with Gasteiger partial charge in [-0.05, 0) is 36.6 Å². The summed E-state index contributed by atoms with van der Waals surface area (Å²) in [5, 5.41) is 10.4. The summed E-state index contributed by atoms with van der Waals surface area (Å²) in [4.78, 5) is 13.4. The highest BCUT2D eigenvalue weighted by molar-refractivity contribution is 6.29. The summed E-state index contributed by atoms with van der Waals surface area (Å²) in [5.74, 6) is -0.0451. The molecule has 17 heavy (non-hydrogen) atoms. The number of rotatable bonds is 3. The van der Waals surface area contributed by atoms with Gasteiger partial charge < -0.3 is 14.4 Å². The zero-order valence-corrected chi connectivity index (χ0v) is 10.5. The maximum atomic E-state index is 12.0. The van der Waals surface area contributed by atoms with E-state index in [0.717, 1.165) is 25.7 Å². The predicted molar refractivity (Wildman–Crippen MR) is 64.1 cm³/mol. The van der Waals surface area contributed by atoms with Gasteiger partial charge in [-0.3, -0.25) is 4.79 Å². The molecule has 4 nitrogen and oxygen atoms in total. The zero-order chi connectivity index (χ0) is 12.5. The van der Waals surface area contributed by atoms with Crippen molar-refractivity contribution in [3.05, 3.63) is 23.1 Å². The third kappa shape index (κ3) is 2.82. The lowest BCUT2D eigenvalue weighted by molar-refractivity contribution is 0.0146. The quantitative estimate of drug-likeness (QED) is 0.904. The minimum absolute atomic E-state index is 0.196. The van der Waals surface area contributed by atoms with Crippen LogP contribution in [-0.4, -0.2) is 35.1 Å². The maximum Gasteiger partial charge on any atom is 0.289 e. The number of hydrogen-bond acceptors (Lipinski definition) is 3. The monoisotopic (exact) mass is 257 g/mol. The van der Waals surface area contributed by atoms with E-state index in [1.165, 1.54) is 11.0 Å². The first-order chi connectivity index (χ1) is 8.00. The molecule has 1 amide bonds. The van der Waals surface area contributed by atoms with E-state index in [1.807, 2.05) is 0 Å². The molecule has 1 fully saturated rings. The van der Waals surface area contributed by atoms with Crippen molar-refractivity contribution < 1.29 is 14.3 Å². The predicted octanol–water partition coefficient (Wildman–Crippen LogP) is 2.31. The van der Waals surface area contributed by atoms with Gasteiger partial charge in [0.25, 0.3) is 5.91 Å². The van der Waals surface area contributed by atoms with Crippen LogP contribution in [0.4, 0.5) is 0 Å². The van der Waals surface area contributed by atoms with Crippen molar-refractivity contribution in [1.82, 2.24) is 4.90 Å². The van der Waals surface area contributed by atoms with Gasteiger partial charge in [0, 0.05) is 13.6 Å². The van der Waals surface area contributed by atoms with E-state index >= 15 is 0 Å². The summed E-state index contributed by atoms with van der Waals surface area (Å²) in [7, 11) is 1.66. The molecular formula is C12H16ClNO3. The number of hydrogen-bond donors (Lipinski definition) is 1. The van der Waals surface area contributed by atoms with Crippen LogP contribution in [0.3, 0.4) is 0 Å². The molecule has 0 spiro atoms. The molecule has 1 N–H and O–H groups in total. The number of nitrogens with zero attached hydrogens (tertiary/aromatic N) is 1. The Bertz CT molecular complexity index is 410. The van der Waals surface area contributed by atoms with Gasteiger partial charge in [-0.1, -0.05) is 12.8 Å². The fourth-order valence-electron chi connectivity index (χ4n) is 2.32. The molecule has 2 rings (SSSR count). The second-order valence-electron chi connectivity index (χ2n) is 4.70. The molecule has 1 aromatic heterocycles. The first kappa shape index (κ1) is 12.5. The van der Waals surface area contributed by atoms with Crippen LogP contribution in [-0.2, 0) is 0 Å². The second-order valence-corrected chi connectivity index (χ2v) is 5.07. The first-order valence-corrected chi connectivity index (χ1v) is 6.11. The van der Waals surface area contributed by atoms with Crippen molar-refractivity contribution in [2.45, 2.75) is 31.3 Å². The Morgan fingerprint density at radius 1 is 1.53 bits per heavy atom. The lowest BCUT2D eigenvalue weighted by Gasteiger charge is -2.28. The molecular weight excluding hydrogens is 242 g/mol. The average molecular weight is 258 g/mol. The molecule has 5 heteroatoms. The zero-order valence-electron chi connectivity index (χ0n) is 9.78. The van der Waals surface area contributed by atoms with E-state index in [-0.39, 0.29) is 16.9 Å². The Labute approximate surface area is 105 Å². The molecule has 0 atom stereocenters. The van der Waals surface area contributed by atoms with Crippen molar-refractivity contribution >= 4 is 17.5 Å².